The molecule has 4 nitrogen and oxygen atoms in total. The van der Waals surface area contributed by atoms with Gasteiger partial charge in [0.25, 0.3) is 5.91 Å². The zero-order valence-corrected chi connectivity index (χ0v) is 11.8. The van der Waals surface area contributed by atoms with Crippen molar-refractivity contribution in [3.63, 3.8) is 0 Å². The normalized spacial score (nSPS) is 17.7. The van der Waals surface area contributed by atoms with E-state index in [0.717, 1.165) is 5.56 Å². The Morgan fingerprint density at radius 3 is 2.45 bits per heavy atom. The van der Waals surface area contributed by atoms with Crippen molar-refractivity contribution in [1.82, 2.24) is 15.2 Å². The van der Waals surface area contributed by atoms with Gasteiger partial charge in [0.15, 0.2) is 0 Å². The van der Waals surface area contributed by atoms with Crippen LogP contribution in [0, 0.1) is 0 Å². The van der Waals surface area contributed by atoms with Crippen LogP contribution in [0.1, 0.15) is 18.4 Å². The van der Waals surface area contributed by atoms with E-state index in [-0.39, 0.29) is 0 Å². The number of likely N-dealkylation sites (tertiary alicyclic amines) is 1. The van der Waals surface area contributed by atoms with E-state index < -0.39 is 24.3 Å². The van der Waals surface area contributed by atoms with Crippen LogP contribution in [0.25, 0.3) is 0 Å². The summed E-state index contributed by atoms with van der Waals surface area (Å²) in [7, 11) is 0. The first kappa shape index (κ1) is 16.7. The number of halogens is 4. The molecule has 0 saturated carbocycles. The molecule has 2 heterocycles. The summed E-state index contributed by atoms with van der Waals surface area (Å²) in [5, 5.41) is 2.02. The summed E-state index contributed by atoms with van der Waals surface area (Å²) in [6.07, 6.45) is 0.301. The topological polar surface area (TPSA) is 45.2 Å². The molecule has 122 valence electrons. The molecule has 1 aliphatic rings. The molecule has 0 bridgehead atoms. The quantitative estimate of drug-likeness (QED) is 0.845. The zero-order chi connectivity index (χ0) is 16.2. The maximum atomic E-state index is 12.9. The van der Waals surface area contributed by atoms with Gasteiger partial charge in [-0.1, -0.05) is 0 Å². The smallest absolute Gasteiger partial charge is 0.348 e. The molecule has 1 aromatic heterocycles. The van der Waals surface area contributed by atoms with Crippen LogP contribution < -0.4 is 5.32 Å². The van der Waals surface area contributed by atoms with Gasteiger partial charge in [0.1, 0.15) is 0 Å². The molecule has 0 unspecified atom stereocenters. The minimum atomic E-state index is -4.63. The lowest BCUT2D eigenvalue weighted by molar-refractivity contribution is -0.170. The van der Waals surface area contributed by atoms with Gasteiger partial charge in [-0.3, -0.25) is 14.7 Å². The van der Waals surface area contributed by atoms with E-state index in [1.54, 1.807) is 12.4 Å². The molecule has 2 rings (SSSR count). The predicted octanol–water partition coefficient (Wildman–Crippen LogP) is 2.06. The van der Waals surface area contributed by atoms with Gasteiger partial charge in [-0.25, -0.2) is 8.78 Å². The predicted molar refractivity (Wildman–Crippen MR) is 71.6 cm³/mol. The number of carbonyl (C=O) groups is 1. The highest BCUT2D eigenvalue weighted by molar-refractivity contribution is 5.84. The van der Waals surface area contributed by atoms with E-state index in [9.17, 15) is 22.4 Å². The molecule has 0 spiro atoms. The van der Waals surface area contributed by atoms with Gasteiger partial charge < -0.3 is 5.32 Å². The Hall–Kier alpha value is -1.70. The van der Waals surface area contributed by atoms with Crippen molar-refractivity contribution < 1.29 is 22.4 Å². The zero-order valence-electron chi connectivity index (χ0n) is 11.8. The number of nitrogens with zero attached hydrogens (tertiary/aromatic N) is 2. The Kier molecular flexibility index (Phi) is 5.33. The Balaban J connectivity index is 1.79. The number of hydrogen-bond donors (Lipinski definition) is 1. The van der Waals surface area contributed by atoms with Gasteiger partial charge in [0.2, 0.25) is 0 Å². The van der Waals surface area contributed by atoms with Crippen LogP contribution in [0.2, 0.25) is 0 Å². The van der Waals surface area contributed by atoms with Crippen LogP contribution in [-0.2, 0) is 11.3 Å². The molecule has 1 amide bonds. The van der Waals surface area contributed by atoms with Gasteiger partial charge in [-0.2, -0.15) is 8.78 Å². The lowest BCUT2D eigenvalue weighted by Crippen LogP contribution is -2.51. The number of alkyl halides is 4. The third-order valence-electron chi connectivity index (χ3n) is 3.66. The van der Waals surface area contributed by atoms with Crippen molar-refractivity contribution in [3.8, 4) is 0 Å². The van der Waals surface area contributed by atoms with Gasteiger partial charge >= 0.3 is 12.3 Å². The van der Waals surface area contributed by atoms with Crippen LogP contribution in [0.4, 0.5) is 17.6 Å². The largest absolute Gasteiger partial charge is 0.383 e. The Bertz CT molecular complexity index is 490. The highest BCUT2D eigenvalue weighted by Gasteiger charge is 2.49. The Morgan fingerprint density at radius 2 is 1.91 bits per heavy atom. The van der Waals surface area contributed by atoms with Gasteiger partial charge in [-0.15, -0.1) is 0 Å². The molecule has 0 atom stereocenters. The fourth-order valence-electron chi connectivity index (χ4n) is 2.36. The molecule has 1 saturated heterocycles. The van der Waals surface area contributed by atoms with Crippen molar-refractivity contribution in [1.29, 1.82) is 0 Å². The van der Waals surface area contributed by atoms with E-state index in [0.29, 0.717) is 32.5 Å². The first-order valence-corrected chi connectivity index (χ1v) is 6.98. The molecule has 1 N–H and O–H groups in total. The Labute approximate surface area is 125 Å². The van der Waals surface area contributed by atoms with Crippen LogP contribution in [0.3, 0.4) is 0 Å². The second-order valence-electron chi connectivity index (χ2n) is 5.30. The van der Waals surface area contributed by atoms with E-state index in [1.807, 2.05) is 17.4 Å². The van der Waals surface area contributed by atoms with Crippen LogP contribution in [-0.4, -0.2) is 47.3 Å². The number of amides is 1. The van der Waals surface area contributed by atoms with E-state index in [4.69, 9.17) is 0 Å². The second-order valence-corrected chi connectivity index (χ2v) is 5.30. The molecule has 1 aromatic rings. The highest BCUT2D eigenvalue weighted by atomic mass is 19.3. The lowest BCUT2D eigenvalue weighted by atomic mass is 10.0. The average Bonchev–Trinajstić information content (AvgIpc) is 2.50. The summed E-state index contributed by atoms with van der Waals surface area (Å²) >= 11 is 0. The summed E-state index contributed by atoms with van der Waals surface area (Å²) < 4.78 is 50.0. The summed E-state index contributed by atoms with van der Waals surface area (Å²) in [6, 6.07) is 3.28. The highest BCUT2D eigenvalue weighted by Crippen LogP contribution is 2.24. The molecular weight excluding hydrogens is 302 g/mol. The molecule has 0 aliphatic carbocycles. The number of pyridine rings is 1. The molecule has 0 radical (unpaired) electrons. The first-order chi connectivity index (χ1) is 10.4. The number of carbonyl (C=O) groups excluding carboxylic acids is 1. The fraction of sp³-hybridized carbons (Fsp3) is 0.571. The van der Waals surface area contributed by atoms with Gasteiger partial charge in [-0.05, 0) is 30.5 Å². The minimum Gasteiger partial charge on any atom is -0.348 e. The number of nitrogens with one attached hydrogen (secondary N) is 1. The average molecular weight is 319 g/mol. The summed E-state index contributed by atoms with van der Waals surface area (Å²) in [5.41, 5.74) is 1.08. The molecule has 1 fully saturated rings. The van der Waals surface area contributed by atoms with E-state index in [1.165, 1.54) is 0 Å². The van der Waals surface area contributed by atoms with Crippen molar-refractivity contribution in [2.24, 2.45) is 0 Å². The Morgan fingerprint density at radius 1 is 1.32 bits per heavy atom. The monoisotopic (exact) mass is 319 g/mol. The van der Waals surface area contributed by atoms with E-state index >= 15 is 0 Å². The maximum Gasteiger partial charge on any atom is 0.383 e. The van der Waals surface area contributed by atoms with Crippen LogP contribution in [0.5, 0.6) is 0 Å². The maximum absolute atomic E-state index is 12.9. The van der Waals surface area contributed by atoms with Crippen molar-refractivity contribution >= 4 is 5.91 Å². The second kappa shape index (κ2) is 7.04. The first-order valence-electron chi connectivity index (χ1n) is 6.98. The fourth-order valence-corrected chi connectivity index (χ4v) is 2.36. The lowest BCUT2D eigenvalue weighted by Gasteiger charge is -2.32. The molecule has 8 heteroatoms. The molecular formula is C14H17F4N3O. The van der Waals surface area contributed by atoms with Crippen molar-refractivity contribution in [2.45, 2.75) is 37.8 Å². The molecule has 0 aromatic carbocycles. The number of piperidine rings is 1. The number of hydrogen-bond acceptors (Lipinski definition) is 3. The summed E-state index contributed by atoms with van der Waals surface area (Å²) in [5.74, 6) is -6.52. The van der Waals surface area contributed by atoms with Crippen molar-refractivity contribution in [3.05, 3.63) is 30.1 Å². The summed E-state index contributed by atoms with van der Waals surface area (Å²) in [6.45, 7) is 1.91. The SMILES string of the molecule is O=C(NC1CCN(Cc2ccncc2)CC1)C(F)(F)C(F)F. The molecule has 22 heavy (non-hydrogen) atoms. The van der Waals surface area contributed by atoms with Crippen LogP contribution in [0.15, 0.2) is 24.5 Å². The standard InChI is InChI=1S/C14H17F4N3O/c15-12(16)14(17,18)13(22)20-11-3-7-21(8-4-11)9-10-1-5-19-6-2-10/h1-2,5-6,11-12H,3-4,7-9H2,(H,20,22). The third-order valence-corrected chi connectivity index (χ3v) is 3.66. The van der Waals surface area contributed by atoms with Gasteiger partial charge in [0.05, 0.1) is 0 Å². The van der Waals surface area contributed by atoms with E-state index in [2.05, 4.69) is 9.88 Å². The van der Waals surface area contributed by atoms with Crippen LogP contribution >= 0.6 is 0 Å². The molecule has 1 aliphatic heterocycles. The minimum absolute atomic E-state index is 0.455. The summed E-state index contributed by atoms with van der Waals surface area (Å²) in [4.78, 5) is 17.2. The number of rotatable bonds is 5. The van der Waals surface area contributed by atoms with Gasteiger partial charge in [0, 0.05) is 38.1 Å². The number of aromatic nitrogens is 1. The third kappa shape index (κ3) is 4.16. The van der Waals surface area contributed by atoms with Crippen molar-refractivity contribution in [2.75, 3.05) is 13.1 Å².